The van der Waals surface area contributed by atoms with Crippen molar-refractivity contribution in [2.24, 2.45) is 0 Å². The number of aryl methyl sites for hydroxylation is 1. The number of nitrogens with zero attached hydrogens (tertiary/aromatic N) is 2. The molecule has 0 fully saturated rings. The Balaban J connectivity index is 2.41. The normalized spacial score (nSPS) is 10.5. The smallest absolute Gasteiger partial charge is 0.277 e. The molecule has 0 N–H and O–H groups in total. The number of carbonyl (C=O) groups excluding carboxylic acids is 1. The highest BCUT2D eigenvalue weighted by atomic mass is 16.5. The first-order valence-corrected chi connectivity index (χ1v) is 7.50. The van der Waals surface area contributed by atoms with Crippen molar-refractivity contribution in [3.63, 3.8) is 0 Å². The molecule has 0 aliphatic heterocycles. The molecular weight excluding hydrogens is 280 g/mol. The maximum atomic E-state index is 12.1. The third kappa shape index (κ3) is 3.61. The van der Waals surface area contributed by atoms with Crippen molar-refractivity contribution in [1.29, 1.82) is 0 Å². The van der Waals surface area contributed by atoms with Crippen molar-refractivity contribution in [2.45, 2.75) is 33.2 Å². The molecule has 0 bridgehead atoms. The quantitative estimate of drug-likeness (QED) is 0.738. The predicted molar refractivity (Wildman–Crippen MR) is 85.4 cm³/mol. The van der Waals surface area contributed by atoms with Crippen molar-refractivity contribution >= 4 is 6.29 Å². The lowest BCUT2D eigenvalue weighted by molar-refractivity contribution is 0.112. The van der Waals surface area contributed by atoms with Crippen LogP contribution in [0, 0.1) is 0 Å². The van der Waals surface area contributed by atoms with Crippen LogP contribution in [0.5, 0.6) is 5.75 Å². The average molecular weight is 300 g/mol. The average Bonchev–Trinajstić information content (AvgIpc) is 2.55. The molecule has 0 atom stereocenters. The lowest BCUT2D eigenvalue weighted by atomic mass is 10.1. The molecule has 2 aromatic rings. The molecule has 0 aliphatic carbocycles. The zero-order valence-corrected chi connectivity index (χ0v) is 12.9. The summed E-state index contributed by atoms with van der Waals surface area (Å²) in [7, 11) is 0. The van der Waals surface area contributed by atoms with Gasteiger partial charge in [0.25, 0.3) is 5.56 Å². The van der Waals surface area contributed by atoms with Crippen molar-refractivity contribution in [1.82, 2.24) is 9.78 Å². The number of hydrogen-bond acceptors (Lipinski definition) is 4. The molecule has 0 spiro atoms. The molecule has 5 nitrogen and oxygen atoms in total. The van der Waals surface area contributed by atoms with E-state index in [1.165, 1.54) is 10.7 Å². The molecule has 1 aromatic heterocycles. The number of benzene rings is 1. The van der Waals surface area contributed by atoms with Gasteiger partial charge < -0.3 is 4.74 Å². The highest BCUT2D eigenvalue weighted by Crippen LogP contribution is 2.20. The van der Waals surface area contributed by atoms with E-state index < -0.39 is 0 Å². The minimum Gasteiger partial charge on any atom is -0.494 e. The first kappa shape index (κ1) is 15.9. The van der Waals surface area contributed by atoms with Gasteiger partial charge in [0.1, 0.15) is 5.75 Å². The molecule has 116 valence electrons. The summed E-state index contributed by atoms with van der Waals surface area (Å²) in [6.45, 7) is 5.09. The third-order valence-electron chi connectivity index (χ3n) is 3.31. The fraction of sp³-hybridized carbons (Fsp3) is 0.353. The molecule has 5 heteroatoms. The van der Waals surface area contributed by atoms with Crippen molar-refractivity contribution in [3.05, 3.63) is 46.2 Å². The zero-order chi connectivity index (χ0) is 15.9. The van der Waals surface area contributed by atoms with Crippen molar-refractivity contribution < 1.29 is 9.53 Å². The summed E-state index contributed by atoms with van der Waals surface area (Å²) in [5.74, 6) is 0.779. The number of carbonyl (C=O) groups is 1. The molecule has 1 aromatic carbocycles. The fourth-order valence-electron chi connectivity index (χ4n) is 2.14. The topological polar surface area (TPSA) is 61.2 Å². The van der Waals surface area contributed by atoms with E-state index in [0.29, 0.717) is 25.1 Å². The van der Waals surface area contributed by atoms with Crippen LogP contribution in [0.15, 0.2) is 35.1 Å². The van der Waals surface area contributed by atoms with E-state index in [0.717, 1.165) is 24.2 Å². The Labute approximate surface area is 129 Å². The molecule has 22 heavy (non-hydrogen) atoms. The van der Waals surface area contributed by atoms with E-state index in [2.05, 4.69) is 5.10 Å². The lowest BCUT2D eigenvalue weighted by Crippen LogP contribution is -2.26. The number of unbranched alkanes of at least 4 members (excludes halogenated alkanes) is 1. The SMILES string of the molecule is CCCCn1nc(-c2ccc(OCC)cc2)cc(C=O)c1=O. The maximum absolute atomic E-state index is 12.1. The molecule has 1 heterocycles. The van der Waals surface area contributed by atoms with E-state index in [1.54, 1.807) is 0 Å². The van der Waals surface area contributed by atoms with Gasteiger partial charge in [0, 0.05) is 12.1 Å². The fourth-order valence-corrected chi connectivity index (χ4v) is 2.14. The Morgan fingerprint density at radius 2 is 1.95 bits per heavy atom. The van der Waals surface area contributed by atoms with Crippen molar-refractivity contribution in [2.75, 3.05) is 6.61 Å². The van der Waals surface area contributed by atoms with Gasteiger partial charge in [0.15, 0.2) is 6.29 Å². The number of aldehydes is 1. The highest BCUT2D eigenvalue weighted by Gasteiger charge is 2.09. The predicted octanol–water partition coefficient (Wildman–Crippen LogP) is 2.92. The van der Waals surface area contributed by atoms with Crippen molar-refractivity contribution in [3.8, 4) is 17.0 Å². The van der Waals surface area contributed by atoms with E-state index in [9.17, 15) is 9.59 Å². The standard InChI is InChI=1S/C17H20N2O3/c1-3-5-10-19-17(21)14(12-20)11-16(18-19)13-6-8-15(9-7-13)22-4-2/h6-9,11-12H,3-5,10H2,1-2H3. The lowest BCUT2D eigenvalue weighted by Gasteiger charge is -2.09. The van der Waals surface area contributed by atoms with E-state index in [4.69, 9.17) is 4.74 Å². The van der Waals surface area contributed by atoms with Crippen LogP contribution < -0.4 is 10.3 Å². The van der Waals surface area contributed by atoms with Gasteiger partial charge in [-0.1, -0.05) is 13.3 Å². The van der Waals surface area contributed by atoms with Gasteiger partial charge >= 0.3 is 0 Å². The van der Waals surface area contributed by atoms with Gasteiger partial charge in [0.2, 0.25) is 0 Å². The maximum Gasteiger partial charge on any atom is 0.277 e. The molecule has 0 aliphatic rings. The third-order valence-corrected chi connectivity index (χ3v) is 3.31. The highest BCUT2D eigenvalue weighted by molar-refractivity contribution is 5.76. The monoisotopic (exact) mass is 300 g/mol. The Kier molecular flexibility index (Phi) is 5.47. The Bertz CT molecular complexity index is 690. The van der Waals surface area contributed by atoms with Gasteiger partial charge in [-0.05, 0) is 43.7 Å². The summed E-state index contributed by atoms with van der Waals surface area (Å²) in [5, 5.41) is 4.37. The van der Waals surface area contributed by atoms with Crippen LogP contribution in [0.25, 0.3) is 11.3 Å². The van der Waals surface area contributed by atoms with Crippen LogP contribution in [-0.2, 0) is 6.54 Å². The Morgan fingerprint density at radius 3 is 2.55 bits per heavy atom. The number of rotatable bonds is 7. The molecular formula is C17H20N2O3. The molecule has 0 unspecified atom stereocenters. The second kappa shape index (κ2) is 7.54. The first-order chi connectivity index (χ1) is 10.7. The van der Waals surface area contributed by atoms with Crippen LogP contribution in [0.1, 0.15) is 37.0 Å². The molecule has 0 amide bonds. The minimum atomic E-state index is -0.335. The molecule has 0 radical (unpaired) electrons. The molecule has 2 rings (SSSR count). The molecule has 0 saturated carbocycles. The van der Waals surface area contributed by atoms with Gasteiger partial charge in [-0.2, -0.15) is 5.10 Å². The van der Waals surface area contributed by atoms with Gasteiger partial charge in [0.05, 0.1) is 17.9 Å². The zero-order valence-electron chi connectivity index (χ0n) is 12.9. The van der Waals surface area contributed by atoms with Gasteiger partial charge in [-0.25, -0.2) is 4.68 Å². The van der Waals surface area contributed by atoms with Crippen LogP contribution in [0.2, 0.25) is 0 Å². The van der Waals surface area contributed by atoms with Gasteiger partial charge in [-0.15, -0.1) is 0 Å². The Morgan fingerprint density at radius 1 is 1.23 bits per heavy atom. The van der Waals surface area contributed by atoms with Gasteiger partial charge in [-0.3, -0.25) is 9.59 Å². The van der Waals surface area contributed by atoms with E-state index in [1.807, 2.05) is 38.1 Å². The van der Waals surface area contributed by atoms with Crippen LogP contribution >= 0.6 is 0 Å². The number of aromatic nitrogens is 2. The first-order valence-electron chi connectivity index (χ1n) is 7.50. The number of ether oxygens (including phenoxy) is 1. The second-order valence-electron chi connectivity index (χ2n) is 4.94. The minimum absolute atomic E-state index is 0.134. The van der Waals surface area contributed by atoms with E-state index >= 15 is 0 Å². The summed E-state index contributed by atoms with van der Waals surface area (Å²) >= 11 is 0. The summed E-state index contributed by atoms with van der Waals surface area (Å²) in [4.78, 5) is 23.2. The second-order valence-corrected chi connectivity index (χ2v) is 4.94. The van der Waals surface area contributed by atoms with Crippen LogP contribution in [-0.4, -0.2) is 22.7 Å². The van der Waals surface area contributed by atoms with Crippen LogP contribution in [0.3, 0.4) is 0 Å². The van der Waals surface area contributed by atoms with E-state index in [-0.39, 0.29) is 11.1 Å². The number of hydrogen-bond donors (Lipinski definition) is 0. The summed E-state index contributed by atoms with van der Waals surface area (Å²) in [5.41, 5.74) is 1.26. The van der Waals surface area contributed by atoms with Crippen LogP contribution in [0.4, 0.5) is 0 Å². The summed E-state index contributed by atoms with van der Waals surface area (Å²) < 4.78 is 6.78. The molecule has 0 saturated heterocycles. The largest absolute Gasteiger partial charge is 0.494 e. The summed E-state index contributed by atoms with van der Waals surface area (Å²) in [6, 6.07) is 8.98. The summed E-state index contributed by atoms with van der Waals surface area (Å²) in [6.07, 6.45) is 2.39. The Hall–Kier alpha value is -2.43.